The van der Waals surface area contributed by atoms with E-state index in [0.29, 0.717) is 36.4 Å². The SMILES string of the molecule is Cc1ccc(-c2cc(C(=O)NCc3ccc(C)nc3)cc(N3CCNCC3=O)c2)c(C#N)c1. The molecule has 166 valence electrons. The zero-order valence-electron chi connectivity index (χ0n) is 18.7. The maximum Gasteiger partial charge on any atom is 0.251 e. The van der Waals surface area contributed by atoms with Crippen LogP contribution in [0.15, 0.2) is 54.7 Å². The molecule has 2 aromatic carbocycles. The zero-order valence-corrected chi connectivity index (χ0v) is 18.7. The normalized spacial score (nSPS) is 13.5. The predicted molar refractivity (Wildman–Crippen MR) is 127 cm³/mol. The minimum atomic E-state index is -0.258. The number of hydrogen-bond donors (Lipinski definition) is 2. The fraction of sp³-hybridized carbons (Fsp3) is 0.231. The van der Waals surface area contributed by atoms with Crippen molar-refractivity contribution in [1.82, 2.24) is 15.6 Å². The van der Waals surface area contributed by atoms with Crippen LogP contribution < -0.4 is 15.5 Å². The average Bonchev–Trinajstić information content (AvgIpc) is 2.83. The lowest BCUT2D eigenvalue weighted by atomic mass is 9.96. The number of rotatable bonds is 5. The van der Waals surface area contributed by atoms with E-state index in [2.05, 4.69) is 21.7 Å². The van der Waals surface area contributed by atoms with Gasteiger partial charge in [0.1, 0.15) is 0 Å². The van der Waals surface area contributed by atoms with Crippen LogP contribution in [-0.2, 0) is 11.3 Å². The van der Waals surface area contributed by atoms with Gasteiger partial charge in [-0.3, -0.25) is 14.6 Å². The molecule has 4 rings (SSSR count). The van der Waals surface area contributed by atoms with Gasteiger partial charge in [-0.15, -0.1) is 0 Å². The number of aryl methyl sites for hydroxylation is 2. The fourth-order valence-electron chi connectivity index (χ4n) is 3.82. The number of benzene rings is 2. The second-order valence-corrected chi connectivity index (χ2v) is 8.14. The molecule has 0 aliphatic carbocycles. The third kappa shape index (κ3) is 5.08. The van der Waals surface area contributed by atoms with Gasteiger partial charge in [0.05, 0.1) is 18.2 Å². The van der Waals surface area contributed by atoms with Crippen molar-refractivity contribution in [2.45, 2.75) is 20.4 Å². The second-order valence-electron chi connectivity index (χ2n) is 8.14. The highest BCUT2D eigenvalue weighted by Crippen LogP contribution is 2.30. The number of pyridine rings is 1. The van der Waals surface area contributed by atoms with Gasteiger partial charge in [0.25, 0.3) is 5.91 Å². The molecule has 1 aromatic heterocycles. The van der Waals surface area contributed by atoms with Crippen molar-refractivity contribution in [3.05, 3.63) is 82.7 Å². The summed E-state index contributed by atoms with van der Waals surface area (Å²) in [4.78, 5) is 31.6. The third-order valence-electron chi connectivity index (χ3n) is 5.61. The van der Waals surface area contributed by atoms with Crippen molar-refractivity contribution >= 4 is 17.5 Å². The Bertz CT molecular complexity index is 1240. The molecule has 0 atom stereocenters. The molecule has 0 bridgehead atoms. The van der Waals surface area contributed by atoms with Gasteiger partial charge in [-0.2, -0.15) is 5.26 Å². The molecule has 0 unspecified atom stereocenters. The molecule has 0 saturated carbocycles. The Labute approximate surface area is 193 Å². The van der Waals surface area contributed by atoms with Crippen LogP contribution in [0.2, 0.25) is 0 Å². The van der Waals surface area contributed by atoms with E-state index in [1.807, 2.05) is 50.2 Å². The number of anilines is 1. The number of carbonyl (C=O) groups excluding carboxylic acids is 2. The van der Waals surface area contributed by atoms with Crippen LogP contribution in [-0.4, -0.2) is 36.4 Å². The monoisotopic (exact) mass is 439 g/mol. The molecule has 7 heteroatoms. The molecule has 0 radical (unpaired) electrons. The highest BCUT2D eigenvalue weighted by atomic mass is 16.2. The number of nitrogens with one attached hydrogen (secondary N) is 2. The largest absolute Gasteiger partial charge is 0.348 e. The molecule has 2 N–H and O–H groups in total. The van der Waals surface area contributed by atoms with Crippen LogP contribution in [0.1, 0.15) is 32.7 Å². The number of nitriles is 1. The molecule has 3 aromatic rings. The van der Waals surface area contributed by atoms with Crippen LogP contribution >= 0.6 is 0 Å². The molecule has 33 heavy (non-hydrogen) atoms. The molecule has 1 aliphatic rings. The van der Waals surface area contributed by atoms with E-state index in [1.165, 1.54) is 0 Å². The molecular formula is C26H25N5O2. The summed E-state index contributed by atoms with van der Waals surface area (Å²) in [5.74, 6) is -0.313. The Morgan fingerprint density at radius 3 is 2.76 bits per heavy atom. The second kappa shape index (κ2) is 9.63. The Hall–Kier alpha value is -4.02. The molecular weight excluding hydrogens is 414 g/mol. The van der Waals surface area contributed by atoms with E-state index in [0.717, 1.165) is 27.9 Å². The van der Waals surface area contributed by atoms with Crippen molar-refractivity contribution in [2.24, 2.45) is 0 Å². The maximum absolute atomic E-state index is 13.1. The average molecular weight is 440 g/mol. The molecule has 7 nitrogen and oxygen atoms in total. The molecule has 1 aliphatic heterocycles. The van der Waals surface area contributed by atoms with E-state index in [9.17, 15) is 14.9 Å². The smallest absolute Gasteiger partial charge is 0.251 e. The van der Waals surface area contributed by atoms with Crippen LogP contribution in [0.5, 0.6) is 0 Å². The summed E-state index contributed by atoms with van der Waals surface area (Å²) in [6.45, 7) is 5.61. The fourth-order valence-corrected chi connectivity index (χ4v) is 3.82. The van der Waals surface area contributed by atoms with Crippen molar-refractivity contribution in [1.29, 1.82) is 5.26 Å². The lowest BCUT2D eigenvalue weighted by Gasteiger charge is -2.28. The highest BCUT2D eigenvalue weighted by Gasteiger charge is 2.22. The van der Waals surface area contributed by atoms with E-state index >= 15 is 0 Å². The number of carbonyl (C=O) groups is 2. The van der Waals surface area contributed by atoms with Crippen molar-refractivity contribution in [3.63, 3.8) is 0 Å². The summed E-state index contributed by atoms with van der Waals surface area (Å²) < 4.78 is 0. The van der Waals surface area contributed by atoms with Gasteiger partial charge in [-0.25, -0.2) is 0 Å². The summed E-state index contributed by atoms with van der Waals surface area (Å²) in [7, 11) is 0. The predicted octanol–water partition coefficient (Wildman–Crippen LogP) is 3.10. The number of piperazine rings is 1. The summed E-state index contributed by atoms with van der Waals surface area (Å²) >= 11 is 0. The van der Waals surface area contributed by atoms with Crippen molar-refractivity contribution < 1.29 is 9.59 Å². The molecule has 0 spiro atoms. The lowest BCUT2D eigenvalue weighted by Crippen LogP contribution is -2.48. The first-order valence-electron chi connectivity index (χ1n) is 10.8. The number of amides is 2. The number of nitrogens with zero attached hydrogens (tertiary/aromatic N) is 3. The van der Waals surface area contributed by atoms with Gasteiger partial charge in [-0.1, -0.05) is 18.2 Å². The molecule has 1 saturated heterocycles. The van der Waals surface area contributed by atoms with Gasteiger partial charge >= 0.3 is 0 Å². The molecule has 2 amide bonds. The van der Waals surface area contributed by atoms with Gasteiger partial charge in [0, 0.05) is 42.8 Å². The minimum absolute atomic E-state index is 0.0556. The highest BCUT2D eigenvalue weighted by molar-refractivity contribution is 6.01. The van der Waals surface area contributed by atoms with Crippen LogP contribution in [0.4, 0.5) is 5.69 Å². The van der Waals surface area contributed by atoms with Gasteiger partial charge < -0.3 is 15.5 Å². The Morgan fingerprint density at radius 2 is 2.03 bits per heavy atom. The first-order chi connectivity index (χ1) is 15.9. The number of aromatic nitrogens is 1. The van der Waals surface area contributed by atoms with Crippen molar-refractivity contribution in [3.8, 4) is 17.2 Å². The van der Waals surface area contributed by atoms with E-state index < -0.39 is 0 Å². The van der Waals surface area contributed by atoms with E-state index in [1.54, 1.807) is 23.2 Å². The molecule has 2 heterocycles. The van der Waals surface area contributed by atoms with Crippen LogP contribution in [0, 0.1) is 25.2 Å². The zero-order chi connectivity index (χ0) is 23.4. The van der Waals surface area contributed by atoms with Crippen molar-refractivity contribution in [2.75, 3.05) is 24.5 Å². The first-order valence-corrected chi connectivity index (χ1v) is 10.8. The Kier molecular flexibility index (Phi) is 6.48. The topological polar surface area (TPSA) is 98.1 Å². The Morgan fingerprint density at radius 1 is 1.18 bits per heavy atom. The summed E-state index contributed by atoms with van der Waals surface area (Å²) in [5, 5.41) is 15.7. The summed E-state index contributed by atoms with van der Waals surface area (Å²) in [5.41, 5.74) is 5.83. The quantitative estimate of drug-likeness (QED) is 0.637. The third-order valence-corrected chi connectivity index (χ3v) is 5.61. The van der Waals surface area contributed by atoms with Gasteiger partial charge in [-0.05, 0) is 66.4 Å². The standard InChI is InChI=1S/C26H25N5O2/c1-17-3-6-24(22(9-17)13-27)20-10-21(12-23(11-20)31-8-7-28-16-25(31)32)26(33)30-15-19-5-4-18(2)29-14-19/h3-6,9-12,14,28H,7-8,15-16H2,1-2H3,(H,30,33). The van der Waals surface area contributed by atoms with E-state index in [4.69, 9.17) is 0 Å². The van der Waals surface area contributed by atoms with Crippen LogP contribution in [0.3, 0.4) is 0 Å². The Balaban J connectivity index is 1.71. The van der Waals surface area contributed by atoms with Gasteiger partial charge in [0.2, 0.25) is 5.91 Å². The summed E-state index contributed by atoms with van der Waals surface area (Å²) in [6.07, 6.45) is 1.74. The van der Waals surface area contributed by atoms with Crippen LogP contribution in [0.25, 0.3) is 11.1 Å². The van der Waals surface area contributed by atoms with Gasteiger partial charge in [0.15, 0.2) is 0 Å². The number of hydrogen-bond acceptors (Lipinski definition) is 5. The minimum Gasteiger partial charge on any atom is -0.348 e. The lowest BCUT2D eigenvalue weighted by molar-refractivity contribution is -0.118. The maximum atomic E-state index is 13.1. The first kappa shape index (κ1) is 22.2. The molecule has 1 fully saturated rings. The summed E-state index contributed by atoms with van der Waals surface area (Å²) in [6, 6.07) is 17.1. The van der Waals surface area contributed by atoms with E-state index in [-0.39, 0.29) is 18.4 Å².